The maximum Gasteiger partial charge on any atom is 0.330 e. The van der Waals surface area contributed by atoms with E-state index in [-0.39, 0.29) is 21.1 Å². The minimum atomic E-state index is -1.35. The SMILES string of the molecule is CCC[CH2][Sn][CH2]CCC.O=c1ccn(C2OC(CO)C(O)C2O)c(=O)[nH]1. The van der Waals surface area contributed by atoms with E-state index in [4.69, 9.17) is 9.84 Å². The summed E-state index contributed by atoms with van der Waals surface area (Å²) in [5, 5.41) is 28.1. The maximum absolute atomic E-state index is 11.4. The first-order chi connectivity index (χ1) is 12.5. The number of nitrogens with zero attached hydrogens (tertiary/aromatic N) is 1. The molecule has 0 bridgehead atoms. The van der Waals surface area contributed by atoms with E-state index in [1.165, 1.54) is 25.7 Å². The number of H-pyrrole nitrogens is 1. The smallest absolute Gasteiger partial charge is 0.330 e. The first-order valence-corrected chi connectivity index (χ1v) is 13.1. The molecule has 0 spiro atoms. The van der Waals surface area contributed by atoms with Gasteiger partial charge in [0, 0.05) is 12.3 Å². The molecule has 8 nitrogen and oxygen atoms in total. The zero-order valence-corrected chi connectivity index (χ0v) is 18.3. The molecule has 4 N–H and O–H groups in total. The predicted molar refractivity (Wildman–Crippen MR) is 99.5 cm³/mol. The summed E-state index contributed by atoms with van der Waals surface area (Å²) in [6.45, 7) is 4.10. The number of aromatic nitrogens is 2. The summed E-state index contributed by atoms with van der Waals surface area (Å²) in [6, 6.07) is 1.09. The molecule has 1 aliphatic heterocycles. The van der Waals surface area contributed by atoms with Gasteiger partial charge in [0.25, 0.3) is 5.56 Å². The minimum absolute atomic E-state index is 0.149. The summed E-state index contributed by atoms with van der Waals surface area (Å²) in [5.41, 5.74) is -1.33. The van der Waals surface area contributed by atoms with Crippen LogP contribution in [0.1, 0.15) is 45.8 Å². The Morgan fingerprint density at radius 2 is 1.77 bits per heavy atom. The van der Waals surface area contributed by atoms with Crippen LogP contribution in [0.5, 0.6) is 0 Å². The summed E-state index contributed by atoms with van der Waals surface area (Å²) in [7, 11) is 0. The Morgan fingerprint density at radius 3 is 2.23 bits per heavy atom. The molecule has 26 heavy (non-hydrogen) atoms. The van der Waals surface area contributed by atoms with Gasteiger partial charge in [-0.05, 0) is 0 Å². The molecule has 0 saturated carbocycles. The zero-order chi connectivity index (χ0) is 19.5. The summed E-state index contributed by atoms with van der Waals surface area (Å²) < 4.78 is 9.33. The summed E-state index contributed by atoms with van der Waals surface area (Å²) in [6.07, 6.45) is 2.26. The molecule has 1 saturated heterocycles. The predicted octanol–water partition coefficient (Wildman–Crippen LogP) is 0.275. The molecule has 4 atom stereocenters. The molecular formula is C17H30N2O6Sn. The number of nitrogens with one attached hydrogen (secondary N) is 1. The van der Waals surface area contributed by atoms with Gasteiger partial charge in [-0.25, -0.2) is 4.79 Å². The number of aliphatic hydroxyl groups is 3. The Balaban J connectivity index is 0.000000321. The van der Waals surface area contributed by atoms with Crippen LogP contribution in [0.2, 0.25) is 8.87 Å². The van der Waals surface area contributed by atoms with E-state index in [9.17, 15) is 19.8 Å². The summed E-state index contributed by atoms with van der Waals surface area (Å²) in [5.74, 6) is 0. The van der Waals surface area contributed by atoms with Crippen LogP contribution in [-0.2, 0) is 4.74 Å². The van der Waals surface area contributed by atoms with Gasteiger partial charge < -0.3 is 20.1 Å². The van der Waals surface area contributed by atoms with E-state index in [2.05, 4.69) is 13.8 Å². The van der Waals surface area contributed by atoms with Crippen molar-refractivity contribution in [1.29, 1.82) is 0 Å². The molecule has 1 fully saturated rings. The normalized spacial score (nSPS) is 25.0. The van der Waals surface area contributed by atoms with Crippen LogP contribution < -0.4 is 11.2 Å². The molecule has 2 rings (SSSR count). The second-order valence-corrected chi connectivity index (χ2v) is 10.5. The van der Waals surface area contributed by atoms with Crippen LogP contribution in [0, 0.1) is 0 Å². The number of unbranched alkanes of at least 4 members (excludes halogenated alkanes) is 2. The Labute approximate surface area is 163 Å². The second-order valence-electron chi connectivity index (χ2n) is 6.20. The molecule has 148 valence electrons. The Hall–Kier alpha value is -0.681. The van der Waals surface area contributed by atoms with E-state index < -0.39 is 42.4 Å². The van der Waals surface area contributed by atoms with Crippen molar-refractivity contribution >= 4 is 21.1 Å². The van der Waals surface area contributed by atoms with Crippen molar-refractivity contribution in [3.63, 3.8) is 0 Å². The molecule has 2 radical (unpaired) electrons. The Morgan fingerprint density at radius 1 is 1.15 bits per heavy atom. The van der Waals surface area contributed by atoms with E-state index in [0.717, 1.165) is 16.8 Å². The molecule has 0 aromatic carbocycles. The van der Waals surface area contributed by atoms with Gasteiger partial charge in [-0.3, -0.25) is 14.3 Å². The average molecular weight is 477 g/mol. The molecule has 1 aliphatic rings. The molecule has 0 aliphatic carbocycles. The van der Waals surface area contributed by atoms with Crippen molar-refractivity contribution in [2.45, 2.75) is 72.9 Å². The topological polar surface area (TPSA) is 125 Å². The van der Waals surface area contributed by atoms with Crippen molar-refractivity contribution in [1.82, 2.24) is 9.55 Å². The number of ether oxygens (including phenoxy) is 1. The van der Waals surface area contributed by atoms with E-state index in [1.807, 2.05) is 4.98 Å². The van der Waals surface area contributed by atoms with Crippen LogP contribution in [0.15, 0.2) is 21.9 Å². The first kappa shape index (κ1) is 23.4. The summed E-state index contributed by atoms with van der Waals surface area (Å²) >= 11 is 0.149. The third-order valence-electron chi connectivity index (χ3n) is 4.06. The minimum Gasteiger partial charge on any atom is -0.394 e. The number of aliphatic hydroxyl groups excluding tert-OH is 3. The van der Waals surface area contributed by atoms with Gasteiger partial charge in [-0.1, -0.05) is 0 Å². The van der Waals surface area contributed by atoms with Crippen LogP contribution in [0.4, 0.5) is 0 Å². The van der Waals surface area contributed by atoms with Gasteiger partial charge in [-0.2, -0.15) is 0 Å². The van der Waals surface area contributed by atoms with Crippen LogP contribution in [-0.4, -0.2) is 70.9 Å². The Kier molecular flexibility index (Phi) is 11.4. The molecule has 0 amide bonds. The van der Waals surface area contributed by atoms with Crippen LogP contribution in [0.3, 0.4) is 0 Å². The monoisotopic (exact) mass is 478 g/mol. The molecular weight excluding hydrogens is 447 g/mol. The third-order valence-corrected chi connectivity index (χ3v) is 8.09. The van der Waals surface area contributed by atoms with Crippen molar-refractivity contribution in [2.75, 3.05) is 6.61 Å². The van der Waals surface area contributed by atoms with Crippen LogP contribution in [0.25, 0.3) is 0 Å². The standard InChI is InChI=1S/C9H12N2O6.2C4H9.Sn/c12-3-4-6(14)7(15)8(17-4)11-2-1-5(13)10-9(11)16;2*1-3-4-2;/h1-2,4,6-8,12,14-15H,3H2,(H,10,13,16);2*1,3-4H2,2H3;. The fourth-order valence-electron chi connectivity index (χ4n) is 2.47. The quantitative estimate of drug-likeness (QED) is 0.315. The molecule has 1 aromatic rings. The fraction of sp³-hybridized carbons (Fsp3) is 0.765. The fourth-order valence-corrected chi connectivity index (χ4v) is 6.62. The van der Waals surface area contributed by atoms with E-state index >= 15 is 0 Å². The number of rotatable bonds is 8. The molecule has 1 aromatic heterocycles. The number of aromatic amines is 1. The van der Waals surface area contributed by atoms with Crippen molar-refractivity contribution < 1.29 is 20.1 Å². The number of hydrogen-bond donors (Lipinski definition) is 4. The largest absolute Gasteiger partial charge is 0.394 e. The maximum atomic E-state index is 11.4. The third kappa shape index (κ3) is 7.15. The van der Waals surface area contributed by atoms with Gasteiger partial charge in [0.1, 0.15) is 18.3 Å². The van der Waals surface area contributed by atoms with E-state index in [1.54, 1.807) is 8.87 Å². The Bertz CT molecular complexity index is 614. The first-order valence-electron chi connectivity index (χ1n) is 9.10. The van der Waals surface area contributed by atoms with Crippen LogP contribution >= 0.6 is 0 Å². The summed E-state index contributed by atoms with van der Waals surface area (Å²) in [4.78, 5) is 24.3. The second kappa shape index (κ2) is 12.7. The van der Waals surface area contributed by atoms with Gasteiger partial charge >= 0.3 is 75.2 Å². The van der Waals surface area contributed by atoms with Crippen molar-refractivity contribution in [2.24, 2.45) is 0 Å². The van der Waals surface area contributed by atoms with Crippen molar-refractivity contribution in [3.05, 3.63) is 33.1 Å². The van der Waals surface area contributed by atoms with Gasteiger partial charge in [0.2, 0.25) is 0 Å². The van der Waals surface area contributed by atoms with E-state index in [0.29, 0.717) is 0 Å². The van der Waals surface area contributed by atoms with Gasteiger partial charge in [-0.15, -0.1) is 0 Å². The van der Waals surface area contributed by atoms with Gasteiger partial charge in [0.15, 0.2) is 6.23 Å². The molecule has 4 unspecified atom stereocenters. The van der Waals surface area contributed by atoms with Gasteiger partial charge in [0.05, 0.1) is 6.61 Å². The number of hydrogen-bond acceptors (Lipinski definition) is 6. The zero-order valence-electron chi connectivity index (χ0n) is 15.4. The average Bonchev–Trinajstić information content (AvgIpc) is 2.90. The molecule has 2 heterocycles. The molecule has 9 heteroatoms. The van der Waals surface area contributed by atoms with Crippen molar-refractivity contribution in [3.8, 4) is 0 Å².